The van der Waals surface area contributed by atoms with Gasteiger partial charge >= 0.3 is 6.18 Å². The van der Waals surface area contributed by atoms with E-state index < -0.39 is 12.8 Å². The number of amides is 1. The molecule has 24 heavy (non-hydrogen) atoms. The number of anilines is 2. The Morgan fingerprint density at radius 2 is 1.88 bits per heavy atom. The first kappa shape index (κ1) is 18.6. The van der Waals surface area contributed by atoms with Crippen LogP contribution >= 0.6 is 0 Å². The van der Waals surface area contributed by atoms with Crippen LogP contribution in [0.25, 0.3) is 0 Å². The molecule has 2 rings (SSSR count). The monoisotopic (exact) mass is 344 g/mol. The molecule has 0 bridgehead atoms. The largest absolute Gasteiger partial charge is 0.411 e. The highest BCUT2D eigenvalue weighted by Crippen LogP contribution is 2.24. The first-order chi connectivity index (χ1) is 11.3. The van der Waals surface area contributed by atoms with Crippen molar-refractivity contribution >= 4 is 17.3 Å². The second-order valence-corrected chi connectivity index (χ2v) is 6.18. The maximum atomic E-state index is 11.9. The third kappa shape index (κ3) is 6.39. The van der Waals surface area contributed by atoms with Crippen LogP contribution in [0.5, 0.6) is 0 Å². The highest BCUT2D eigenvalue weighted by atomic mass is 19.4. The van der Waals surface area contributed by atoms with Crippen molar-refractivity contribution in [3.05, 3.63) is 24.3 Å². The summed E-state index contributed by atoms with van der Waals surface area (Å²) in [7, 11) is 0. The molecular weight excluding hydrogens is 321 g/mol. The Hall–Kier alpha value is -1.76. The van der Waals surface area contributed by atoms with Gasteiger partial charge in [-0.1, -0.05) is 6.92 Å². The molecule has 1 fully saturated rings. The molecule has 0 spiro atoms. The summed E-state index contributed by atoms with van der Waals surface area (Å²) >= 11 is 0. The minimum atomic E-state index is -4.36. The minimum absolute atomic E-state index is 0.109. The number of piperidine rings is 1. The van der Waals surface area contributed by atoms with Crippen molar-refractivity contribution < 1.29 is 22.7 Å². The fourth-order valence-corrected chi connectivity index (χ4v) is 2.60. The fraction of sp³-hybridized carbons (Fsp3) is 0.588. The highest BCUT2D eigenvalue weighted by molar-refractivity contribution is 5.90. The van der Waals surface area contributed by atoms with E-state index in [0.717, 1.165) is 24.7 Å². The molecule has 4 nitrogen and oxygen atoms in total. The number of ether oxygens (including phenoxy) is 1. The van der Waals surface area contributed by atoms with E-state index in [4.69, 9.17) is 0 Å². The van der Waals surface area contributed by atoms with Gasteiger partial charge in [0.15, 0.2) is 0 Å². The highest BCUT2D eigenvalue weighted by Gasteiger charge is 2.27. The Kier molecular flexibility index (Phi) is 6.48. The van der Waals surface area contributed by atoms with E-state index in [2.05, 4.69) is 21.9 Å². The van der Waals surface area contributed by atoms with Crippen molar-refractivity contribution in [2.75, 3.05) is 36.5 Å². The zero-order valence-corrected chi connectivity index (χ0v) is 13.7. The lowest BCUT2D eigenvalue weighted by Crippen LogP contribution is -2.32. The zero-order chi connectivity index (χ0) is 17.6. The van der Waals surface area contributed by atoms with Gasteiger partial charge in [0.1, 0.15) is 6.61 Å². The van der Waals surface area contributed by atoms with Gasteiger partial charge < -0.3 is 15.0 Å². The molecular formula is C17H23F3N2O2. The third-order valence-electron chi connectivity index (χ3n) is 4.04. The number of benzene rings is 1. The average molecular weight is 344 g/mol. The molecule has 1 aromatic carbocycles. The average Bonchev–Trinajstić information content (AvgIpc) is 2.52. The summed E-state index contributed by atoms with van der Waals surface area (Å²) in [5.74, 6) is 0.399. The molecule has 0 atom stereocenters. The molecule has 1 N–H and O–H groups in total. The van der Waals surface area contributed by atoms with Gasteiger partial charge in [-0.05, 0) is 43.0 Å². The van der Waals surface area contributed by atoms with Crippen molar-refractivity contribution in [1.29, 1.82) is 0 Å². The quantitative estimate of drug-likeness (QED) is 0.798. The Labute approximate surface area is 140 Å². The second kappa shape index (κ2) is 8.37. The van der Waals surface area contributed by atoms with Crippen molar-refractivity contribution in [3.63, 3.8) is 0 Å². The van der Waals surface area contributed by atoms with Crippen LogP contribution in [0.2, 0.25) is 0 Å². The summed E-state index contributed by atoms with van der Waals surface area (Å²) < 4.78 is 40.2. The van der Waals surface area contributed by atoms with Gasteiger partial charge in [0.05, 0.1) is 13.0 Å². The van der Waals surface area contributed by atoms with Crippen LogP contribution < -0.4 is 10.2 Å². The summed E-state index contributed by atoms with van der Waals surface area (Å²) in [6, 6.07) is 7.52. The number of hydrogen-bond donors (Lipinski definition) is 1. The van der Waals surface area contributed by atoms with Crippen LogP contribution in [0.3, 0.4) is 0 Å². The standard InChI is InChI=1S/C17H23F3N2O2/c1-13-6-9-22(10-7-13)15-4-2-14(3-5-15)21-16(23)8-11-24-12-17(18,19)20/h2-5,13H,6-12H2,1H3,(H,21,23). The Bertz CT molecular complexity index is 524. The molecule has 1 aliphatic rings. The summed E-state index contributed by atoms with van der Waals surface area (Å²) in [5, 5.41) is 2.66. The molecule has 0 radical (unpaired) electrons. The topological polar surface area (TPSA) is 41.6 Å². The number of hydrogen-bond acceptors (Lipinski definition) is 3. The number of nitrogens with zero attached hydrogens (tertiary/aromatic N) is 1. The van der Waals surface area contributed by atoms with Gasteiger partial charge in [-0.3, -0.25) is 4.79 Å². The van der Waals surface area contributed by atoms with E-state index in [9.17, 15) is 18.0 Å². The van der Waals surface area contributed by atoms with Gasteiger partial charge in [0.25, 0.3) is 0 Å². The normalized spacial score (nSPS) is 16.2. The SMILES string of the molecule is CC1CCN(c2ccc(NC(=O)CCOCC(F)(F)F)cc2)CC1. The number of halogens is 3. The smallest absolute Gasteiger partial charge is 0.372 e. The van der Waals surface area contributed by atoms with Crippen LogP contribution in [0.1, 0.15) is 26.2 Å². The number of carbonyl (C=O) groups is 1. The van der Waals surface area contributed by atoms with Crippen molar-refractivity contribution in [2.24, 2.45) is 5.92 Å². The van der Waals surface area contributed by atoms with Gasteiger partial charge in [-0.15, -0.1) is 0 Å². The maximum absolute atomic E-state index is 11.9. The van der Waals surface area contributed by atoms with Crippen molar-refractivity contribution in [3.8, 4) is 0 Å². The van der Waals surface area contributed by atoms with Crippen molar-refractivity contribution in [1.82, 2.24) is 0 Å². The molecule has 7 heteroatoms. The Balaban J connectivity index is 1.74. The van der Waals surface area contributed by atoms with Gasteiger partial charge in [0, 0.05) is 24.5 Å². The fourth-order valence-electron chi connectivity index (χ4n) is 2.60. The molecule has 134 valence electrons. The van der Waals surface area contributed by atoms with Crippen LogP contribution in [-0.4, -0.2) is 38.4 Å². The molecule has 1 amide bonds. The zero-order valence-electron chi connectivity index (χ0n) is 13.7. The Morgan fingerprint density at radius 3 is 2.46 bits per heavy atom. The molecule has 0 unspecified atom stereocenters. The molecule has 0 saturated carbocycles. The van der Waals surface area contributed by atoms with E-state index in [1.165, 1.54) is 12.8 Å². The predicted octanol–water partition coefficient (Wildman–Crippen LogP) is 3.83. The molecule has 1 saturated heterocycles. The lowest BCUT2D eigenvalue weighted by atomic mass is 9.99. The van der Waals surface area contributed by atoms with Crippen LogP contribution in [0.4, 0.5) is 24.5 Å². The summed E-state index contributed by atoms with van der Waals surface area (Å²) in [5.41, 5.74) is 1.75. The molecule has 0 aromatic heterocycles. The first-order valence-electron chi connectivity index (χ1n) is 8.13. The Morgan fingerprint density at radius 1 is 1.25 bits per heavy atom. The predicted molar refractivity (Wildman–Crippen MR) is 87.2 cm³/mol. The second-order valence-electron chi connectivity index (χ2n) is 6.18. The number of rotatable bonds is 6. The lowest BCUT2D eigenvalue weighted by molar-refractivity contribution is -0.174. The van der Waals surface area contributed by atoms with Crippen LogP contribution in [0, 0.1) is 5.92 Å². The molecule has 1 heterocycles. The first-order valence-corrected chi connectivity index (χ1v) is 8.13. The van der Waals surface area contributed by atoms with Crippen LogP contribution in [0.15, 0.2) is 24.3 Å². The van der Waals surface area contributed by atoms with Crippen LogP contribution in [-0.2, 0) is 9.53 Å². The van der Waals surface area contributed by atoms with Gasteiger partial charge in [-0.2, -0.15) is 13.2 Å². The third-order valence-corrected chi connectivity index (χ3v) is 4.04. The molecule has 1 aliphatic heterocycles. The minimum Gasteiger partial charge on any atom is -0.372 e. The van der Waals surface area contributed by atoms with Crippen molar-refractivity contribution in [2.45, 2.75) is 32.4 Å². The summed E-state index contributed by atoms with van der Waals surface area (Å²) in [4.78, 5) is 14.0. The van der Waals surface area contributed by atoms with Gasteiger partial charge in [0.2, 0.25) is 5.91 Å². The number of carbonyl (C=O) groups excluding carboxylic acids is 1. The summed E-state index contributed by atoms with van der Waals surface area (Å²) in [6.07, 6.45) is -2.12. The molecule has 0 aliphatic carbocycles. The van der Waals surface area contributed by atoms with E-state index >= 15 is 0 Å². The van der Waals surface area contributed by atoms with E-state index in [0.29, 0.717) is 5.69 Å². The number of nitrogens with one attached hydrogen (secondary N) is 1. The van der Waals surface area contributed by atoms with E-state index in [1.807, 2.05) is 24.3 Å². The van der Waals surface area contributed by atoms with Gasteiger partial charge in [-0.25, -0.2) is 0 Å². The molecule has 1 aromatic rings. The lowest BCUT2D eigenvalue weighted by Gasteiger charge is -2.32. The maximum Gasteiger partial charge on any atom is 0.411 e. The van der Waals surface area contributed by atoms with E-state index in [-0.39, 0.29) is 18.9 Å². The summed E-state index contributed by atoms with van der Waals surface area (Å²) in [6.45, 7) is 2.74. The van der Waals surface area contributed by atoms with E-state index in [1.54, 1.807) is 0 Å². The number of alkyl halides is 3.